The van der Waals surface area contributed by atoms with Crippen molar-refractivity contribution in [3.8, 4) is 0 Å². The van der Waals surface area contributed by atoms with Crippen molar-refractivity contribution < 1.29 is 18.3 Å². The van der Waals surface area contributed by atoms with Gasteiger partial charge in [-0.1, -0.05) is 0 Å². The van der Waals surface area contributed by atoms with E-state index < -0.39 is 0 Å². The summed E-state index contributed by atoms with van der Waals surface area (Å²) >= 11 is 1.24. The Labute approximate surface area is 118 Å². The Hall–Kier alpha value is 1.15. The first-order valence-corrected chi connectivity index (χ1v) is 4.83. The number of hydrogen-bond donors (Lipinski definition) is 0. The molecule has 11 heavy (non-hydrogen) atoms. The second-order valence-electron chi connectivity index (χ2n) is 2.31. The SMILES string of the molecule is C=CCc1cc[c]([Zn])cc1.[BaH2]. The Balaban J connectivity index is 0.000001000. The quantitative estimate of drug-likeness (QED) is 0.555. The molecule has 2 heteroatoms. The molecule has 1 rings (SSSR count). The summed E-state index contributed by atoms with van der Waals surface area (Å²) in [6, 6.07) is 8.69. The Bertz CT molecular complexity index is 216. The second-order valence-corrected chi connectivity index (χ2v) is 4.02. The normalized spacial score (nSPS) is 8.55. The molecule has 0 amide bonds. The number of benzene rings is 1. The molecule has 0 aliphatic rings. The van der Waals surface area contributed by atoms with E-state index in [9.17, 15) is 0 Å². The molecule has 0 bridgehead atoms. The van der Waals surface area contributed by atoms with E-state index in [1.54, 1.807) is 0 Å². The average molecular weight is 322 g/mol. The summed E-state index contributed by atoms with van der Waals surface area (Å²) in [4.78, 5) is 0. The summed E-state index contributed by atoms with van der Waals surface area (Å²) in [5.41, 5.74) is 1.35. The summed E-state index contributed by atoms with van der Waals surface area (Å²) in [5, 5.41) is 0. The first-order valence-electron chi connectivity index (χ1n) is 3.34. The van der Waals surface area contributed by atoms with Gasteiger partial charge in [0.2, 0.25) is 0 Å². The molecule has 0 heterocycles. The Morgan fingerprint density at radius 1 is 1.27 bits per heavy atom. The molecule has 0 fully saturated rings. The molecule has 0 saturated carbocycles. The van der Waals surface area contributed by atoms with Crippen molar-refractivity contribution in [2.45, 2.75) is 6.42 Å². The number of allylic oxidation sites excluding steroid dienone is 1. The molecule has 0 radical (unpaired) electrons. The van der Waals surface area contributed by atoms with Crippen molar-refractivity contribution in [1.82, 2.24) is 0 Å². The van der Waals surface area contributed by atoms with Gasteiger partial charge in [0.15, 0.2) is 0 Å². The van der Waals surface area contributed by atoms with Crippen LogP contribution in [0.25, 0.3) is 0 Å². The molecule has 0 saturated heterocycles. The molecule has 0 atom stereocenters. The molecule has 0 aliphatic carbocycles. The van der Waals surface area contributed by atoms with Crippen LogP contribution in [0.3, 0.4) is 0 Å². The fraction of sp³-hybridized carbons (Fsp3) is 0.111. The first-order chi connectivity index (χ1) is 4.83. The van der Waals surface area contributed by atoms with Gasteiger partial charge in [-0.15, -0.1) is 0 Å². The summed E-state index contributed by atoms with van der Waals surface area (Å²) in [6.07, 6.45) is 2.92. The van der Waals surface area contributed by atoms with Crippen LogP contribution in [0.5, 0.6) is 0 Å². The summed E-state index contributed by atoms with van der Waals surface area (Å²) in [7, 11) is 0. The maximum absolute atomic E-state index is 3.69. The van der Waals surface area contributed by atoms with Gasteiger partial charge in [0.25, 0.3) is 0 Å². The van der Waals surface area contributed by atoms with Crippen LogP contribution in [0.15, 0.2) is 36.9 Å². The van der Waals surface area contributed by atoms with Crippen LogP contribution >= 0.6 is 0 Å². The monoisotopic (exact) mass is 321 g/mol. The van der Waals surface area contributed by atoms with E-state index in [4.69, 9.17) is 0 Å². The molecule has 1 aromatic carbocycles. The Morgan fingerprint density at radius 3 is 2.27 bits per heavy atom. The van der Waals surface area contributed by atoms with Gasteiger partial charge < -0.3 is 0 Å². The van der Waals surface area contributed by atoms with Gasteiger partial charge in [-0.25, -0.2) is 0 Å². The Morgan fingerprint density at radius 2 is 1.82 bits per heavy atom. The van der Waals surface area contributed by atoms with Gasteiger partial charge >= 0.3 is 120 Å². The zero-order chi connectivity index (χ0) is 7.40. The van der Waals surface area contributed by atoms with Crippen LogP contribution < -0.4 is 4.16 Å². The van der Waals surface area contributed by atoms with Crippen molar-refractivity contribution >= 4 is 53.0 Å². The molecule has 0 nitrogen and oxygen atoms in total. The zero-order valence-corrected chi connectivity index (χ0v) is 8.98. The van der Waals surface area contributed by atoms with E-state index in [0.717, 1.165) is 6.42 Å². The third-order valence-electron chi connectivity index (χ3n) is 1.40. The van der Waals surface area contributed by atoms with E-state index in [1.165, 1.54) is 28.0 Å². The Kier molecular flexibility index (Phi) is 7.34. The average Bonchev–Trinajstić information content (AvgIpc) is 1.95. The fourth-order valence-electron chi connectivity index (χ4n) is 0.842. The molecule has 0 aromatic heterocycles. The standard InChI is InChI=1S/C9H9.Ba.Zn.2H/c1-2-6-9-7-4-3-5-8-9;;;;/h2,4-5,7-8H,1,6H2;;;;. The van der Waals surface area contributed by atoms with Crippen molar-refractivity contribution in [3.63, 3.8) is 0 Å². The van der Waals surface area contributed by atoms with Crippen LogP contribution in [-0.4, -0.2) is 48.9 Å². The maximum atomic E-state index is 3.69. The van der Waals surface area contributed by atoms with Crippen LogP contribution in [0.2, 0.25) is 0 Å². The van der Waals surface area contributed by atoms with E-state index in [2.05, 4.69) is 30.8 Å². The van der Waals surface area contributed by atoms with Crippen molar-refractivity contribution in [1.29, 1.82) is 0 Å². The number of hydrogen-bond acceptors (Lipinski definition) is 0. The van der Waals surface area contributed by atoms with Gasteiger partial charge in [0, 0.05) is 0 Å². The number of rotatable bonds is 2. The van der Waals surface area contributed by atoms with Crippen LogP contribution in [0.4, 0.5) is 0 Å². The van der Waals surface area contributed by atoms with Crippen molar-refractivity contribution in [2.75, 3.05) is 0 Å². The predicted octanol–water partition coefficient (Wildman–Crippen LogP) is 0.671. The van der Waals surface area contributed by atoms with Gasteiger partial charge in [0.05, 0.1) is 0 Å². The molecule has 1 aromatic rings. The molecule has 51 valence electrons. The van der Waals surface area contributed by atoms with Crippen LogP contribution in [0.1, 0.15) is 5.56 Å². The van der Waals surface area contributed by atoms with Gasteiger partial charge in [-0.3, -0.25) is 0 Å². The zero-order valence-electron chi connectivity index (χ0n) is 6.01. The molecular weight excluding hydrogens is 311 g/mol. The predicted molar refractivity (Wildman–Crippen MR) is 48.5 cm³/mol. The summed E-state index contributed by atoms with van der Waals surface area (Å²) in [6.45, 7) is 3.69. The molecular formula is C9H11BaZn. The van der Waals surface area contributed by atoms with Crippen LogP contribution in [-0.2, 0) is 24.7 Å². The van der Waals surface area contributed by atoms with Gasteiger partial charge in [-0.2, -0.15) is 0 Å². The molecule has 0 spiro atoms. The molecule has 0 aliphatic heterocycles. The van der Waals surface area contributed by atoms with E-state index >= 15 is 0 Å². The third-order valence-corrected chi connectivity index (χ3v) is 2.39. The summed E-state index contributed by atoms with van der Waals surface area (Å²) in [5.74, 6) is 0. The third kappa shape index (κ3) is 4.67. The topological polar surface area (TPSA) is 0 Å². The van der Waals surface area contributed by atoms with Crippen molar-refractivity contribution in [2.24, 2.45) is 0 Å². The van der Waals surface area contributed by atoms with E-state index in [-0.39, 0.29) is 48.9 Å². The molecule has 0 N–H and O–H groups in total. The van der Waals surface area contributed by atoms with E-state index in [0.29, 0.717) is 0 Å². The molecule has 0 unspecified atom stereocenters. The van der Waals surface area contributed by atoms with E-state index in [1.807, 2.05) is 6.08 Å². The van der Waals surface area contributed by atoms with Crippen molar-refractivity contribution in [3.05, 3.63) is 42.5 Å². The van der Waals surface area contributed by atoms with Gasteiger partial charge in [-0.05, 0) is 0 Å². The fourth-order valence-corrected chi connectivity index (χ4v) is 1.34. The van der Waals surface area contributed by atoms with Gasteiger partial charge in [0.1, 0.15) is 0 Å². The summed E-state index contributed by atoms with van der Waals surface area (Å²) < 4.78 is 1.44. The second kappa shape index (κ2) is 6.65. The minimum absolute atomic E-state index is 0. The van der Waals surface area contributed by atoms with Crippen LogP contribution in [0, 0.1) is 0 Å². The first kappa shape index (κ1) is 12.2. The minimum atomic E-state index is 0.